The Kier molecular flexibility index (Phi) is 11.5. The lowest BCUT2D eigenvalue weighted by Crippen LogP contribution is -2.34. The van der Waals surface area contributed by atoms with E-state index in [0.717, 1.165) is 19.3 Å². The number of rotatable bonds is 12. The number of carboxylic acid groups (broad SMARTS) is 1. The number of hydrogen-bond acceptors (Lipinski definition) is 4. The molecule has 0 saturated heterocycles. The lowest BCUT2D eigenvalue weighted by molar-refractivity contribution is -0.138. The molecule has 122 valence electrons. The first kappa shape index (κ1) is 19.6. The number of carbonyl (C=O) groups is 3. The van der Waals surface area contributed by atoms with E-state index in [4.69, 9.17) is 10.8 Å². The van der Waals surface area contributed by atoms with Gasteiger partial charge in [0.1, 0.15) is 6.04 Å². The Morgan fingerprint density at radius 2 is 1.48 bits per heavy atom. The fourth-order valence-electron chi connectivity index (χ4n) is 1.93. The molecule has 0 aliphatic carbocycles. The van der Waals surface area contributed by atoms with Crippen LogP contribution in [-0.4, -0.2) is 28.9 Å². The monoisotopic (exact) mass is 300 g/mol. The Bertz CT molecular complexity index is 332. The van der Waals surface area contributed by atoms with Crippen LogP contribution in [0.15, 0.2) is 0 Å². The molecular weight excluding hydrogens is 272 g/mol. The predicted octanol–water partition coefficient (Wildman–Crippen LogP) is 1.96. The number of hydrogen-bond donors (Lipinski definition) is 3. The SMILES string of the molecule is CCCCCCCCCC(=O)NC(=O)CCC(N)C(=O)O. The second kappa shape index (κ2) is 12.3. The van der Waals surface area contributed by atoms with E-state index in [0.29, 0.717) is 6.42 Å². The minimum atomic E-state index is -1.14. The van der Waals surface area contributed by atoms with Crippen molar-refractivity contribution in [1.82, 2.24) is 5.32 Å². The third-order valence-corrected chi connectivity index (χ3v) is 3.29. The van der Waals surface area contributed by atoms with Gasteiger partial charge in [-0.05, 0) is 12.8 Å². The number of imide groups is 1. The van der Waals surface area contributed by atoms with Crippen molar-refractivity contribution < 1.29 is 19.5 Å². The third-order valence-electron chi connectivity index (χ3n) is 3.29. The van der Waals surface area contributed by atoms with Crippen molar-refractivity contribution in [2.24, 2.45) is 5.73 Å². The van der Waals surface area contributed by atoms with Gasteiger partial charge in [0.15, 0.2) is 0 Å². The fraction of sp³-hybridized carbons (Fsp3) is 0.800. The van der Waals surface area contributed by atoms with Gasteiger partial charge in [-0.15, -0.1) is 0 Å². The Hall–Kier alpha value is -1.43. The summed E-state index contributed by atoms with van der Waals surface area (Å²) >= 11 is 0. The van der Waals surface area contributed by atoms with Crippen molar-refractivity contribution in [2.75, 3.05) is 0 Å². The zero-order valence-electron chi connectivity index (χ0n) is 12.9. The molecule has 0 saturated carbocycles. The highest BCUT2D eigenvalue weighted by atomic mass is 16.4. The molecular formula is C15H28N2O4. The lowest BCUT2D eigenvalue weighted by Gasteiger charge is -2.06. The van der Waals surface area contributed by atoms with E-state index in [2.05, 4.69) is 12.2 Å². The van der Waals surface area contributed by atoms with Crippen molar-refractivity contribution in [3.8, 4) is 0 Å². The minimum absolute atomic E-state index is 0.0336. The van der Waals surface area contributed by atoms with E-state index in [1.165, 1.54) is 25.7 Å². The molecule has 0 rings (SSSR count). The molecule has 2 amide bonds. The maximum absolute atomic E-state index is 11.5. The summed E-state index contributed by atoms with van der Waals surface area (Å²) in [6, 6.07) is -1.06. The Morgan fingerprint density at radius 3 is 2.05 bits per heavy atom. The van der Waals surface area contributed by atoms with E-state index >= 15 is 0 Å². The molecule has 0 bridgehead atoms. The number of carbonyl (C=O) groups excluding carboxylic acids is 2. The highest BCUT2D eigenvalue weighted by Gasteiger charge is 2.14. The number of amides is 2. The van der Waals surface area contributed by atoms with Gasteiger partial charge in [-0.3, -0.25) is 19.7 Å². The molecule has 0 aliphatic heterocycles. The van der Waals surface area contributed by atoms with Crippen LogP contribution in [0, 0.1) is 0 Å². The van der Waals surface area contributed by atoms with E-state index in [9.17, 15) is 14.4 Å². The Morgan fingerprint density at radius 1 is 0.952 bits per heavy atom. The standard InChI is InChI=1S/C15H28N2O4/c1-2-3-4-5-6-7-8-9-13(18)17-14(19)11-10-12(16)15(20)21/h12H,2-11,16H2,1H3,(H,20,21)(H,17,18,19). The minimum Gasteiger partial charge on any atom is -0.480 e. The van der Waals surface area contributed by atoms with Crippen LogP contribution in [-0.2, 0) is 14.4 Å². The van der Waals surface area contributed by atoms with Crippen molar-refractivity contribution in [3.63, 3.8) is 0 Å². The number of unbranched alkanes of at least 4 members (excludes halogenated alkanes) is 6. The second-order valence-electron chi connectivity index (χ2n) is 5.33. The summed E-state index contributed by atoms with van der Waals surface area (Å²) < 4.78 is 0. The lowest BCUT2D eigenvalue weighted by atomic mass is 10.1. The number of nitrogens with one attached hydrogen (secondary N) is 1. The molecule has 0 aliphatic rings. The summed E-state index contributed by atoms with van der Waals surface area (Å²) in [7, 11) is 0. The van der Waals surface area contributed by atoms with Gasteiger partial charge < -0.3 is 10.8 Å². The summed E-state index contributed by atoms with van der Waals surface area (Å²) in [4.78, 5) is 33.4. The van der Waals surface area contributed by atoms with Crippen molar-refractivity contribution in [2.45, 2.75) is 77.2 Å². The Balaban J connectivity index is 3.56. The summed E-state index contributed by atoms with van der Waals surface area (Å²) in [5, 5.41) is 10.8. The van der Waals surface area contributed by atoms with E-state index in [-0.39, 0.29) is 18.7 Å². The fourth-order valence-corrected chi connectivity index (χ4v) is 1.93. The van der Waals surface area contributed by atoms with Crippen LogP contribution in [0.1, 0.15) is 71.1 Å². The average Bonchev–Trinajstić information content (AvgIpc) is 2.43. The van der Waals surface area contributed by atoms with Crippen LogP contribution >= 0.6 is 0 Å². The third kappa shape index (κ3) is 12.1. The molecule has 1 atom stereocenters. The topological polar surface area (TPSA) is 109 Å². The zero-order chi connectivity index (χ0) is 16.1. The van der Waals surface area contributed by atoms with Crippen LogP contribution in [0.4, 0.5) is 0 Å². The van der Waals surface area contributed by atoms with Crippen LogP contribution < -0.4 is 11.1 Å². The number of aliphatic carboxylic acids is 1. The van der Waals surface area contributed by atoms with Gasteiger partial charge >= 0.3 is 5.97 Å². The first-order valence-corrected chi connectivity index (χ1v) is 7.78. The van der Waals surface area contributed by atoms with Gasteiger partial charge in [-0.1, -0.05) is 45.4 Å². The second-order valence-corrected chi connectivity index (χ2v) is 5.33. The van der Waals surface area contributed by atoms with Gasteiger partial charge in [0.05, 0.1) is 0 Å². The van der Waals surface area contributed by atoms with Crippen LogP contribution in [0.2, 0.25) is 0 Å². The maximum atomic E-state index is 11.5. The van der Waals surface area contributed by atoms with Crippen LogP contribution in [0.5, 0.6) is 0 Å². The van der Waals surface area contributed by atoms with Crippen LogP contribution in [0.25, 0.3) is 0 Å². The molecule has 0 aromatic heterocycles. The van der Waals surface area contributed by atoms with Gasteiger partial charge in [0.2, 0.25) is 11.8 Å². The maximum Gasteiger partial charge on any atom is 0.320 e. The van der Waals surface area contributed by atoms with E-state index < -0.39 is 17.9 Å². The zero-order valence-corrected chi connectivity index (χ0v) is 12.9. The highest BCUT2D eigenvalue weighted by molar-refractivity contribution is 5.95. The molecule has 0 aromatic carbocycles. The summed E-state index contributed by atoms with van der Waals surface area (Å²) in [6.07, 6.45) is 8.13. The van der Waals surface area contributed by atoms with Crippen LogP contribution in [0.3, 0.4) is 0 Å². The quantitative estimate of drug-likeness (QED) is 0.477. The smallest absolute Gasteiger partial charge is 0.320 e. The predicted molar refractivity (Wildman–Crippen MR) is 80.6 cm³/mol. The first-order chi connectivity index (χ1) is 9.97. The van der Waals surface area contributed by atoms with Gasteiger partial charge in [0.25, 0.3) is 0 Å². The molecule has 0 aromatic rings. The molecule has 0 radical (unpaired) electrons. The summed E-state index contributed by atoms with van der Waals surface area (Å²) in [5.74, 6) is -1.89. The largest absolute Gasteiger partial charge is 0.480 e. The summed E-state index contributed by atoms with van der Waals surface area (Å²) in [6.45, 7) is 2.17. The molecule has 4 N–H and O–H groups in total. The first-order valence-electron chi connectivity index (χ1n) is 7.78. The van der Waals surface area contributed by atoms with E-state index in [1.807, 2.05) is 0 Å². The van der Waals surface area contributed by atoms with Crippen molar-refractivity contribution in [1.29, 1.82) is 0 Å². The molecule has 0 heterocycles. The summed E-state index contributed by atoms with van der Waals surface area (Å²) in [5.41, 5.74) is 5.28. The van der Waals surface area contributed by atoms with Crippen molar-refractivity contribution >= 4 is 17.8 Å². The normalized spacial score (nSPS) is 11.9. The molecule has 1 unspecified atom stereocenters. The number of carboxylic acids is 1. The molecule has 21 heavy (non-hydrogen) atoms. The average molecular weight is 300 g/mol. The highest BCUT2D eigenvalue weighted by Crippen LogP contribution is 2.08. The molecule has 6 heteroatoms. The molecule has 0 fully saturated rings. The van der Waals surface area contributed by atoms with Gasteiger partial charge in [-0.2, -0.15) is 0 Å². The Labute approximate surface area is 126 Å². The van der Waals surface area contributed by atoms with Gasteiger partial charge in [0, 0.05) is 12.8 Å². The molecule has 0 spiro atoms. The molecule has 6 nitrogen and oxygen atoms in total. The number of nitrogens with two attached hydrogens (primary N) is 1. The van der Waals surface area contributed by atoms with Crippen molar-refractivity contribution in [3.05, 3.63) is 0 Å². The van der Waals surface area contributed by atoms with E-state index in [1.54, 1.807) is 0 Å². The van der Waals surface area contributed by atoms with Gasteiger partial charge in [-0.25, -0.2) is 0 Å².